The Morgan fingerprint density at radius 2 is 1.66 bits per heavy atom. The van der Waals surface area contributed by atoms with Gasteiger partial charge in [-0.3, -0.25) is 14.4 Å². The number of rotatable bonds is 13. The van der Waals surface area contributed by atoms with Gasteiger partial charge in [0.2, 0.25) is 5.91 Å². The van der Waals surface area contributed by atoms with E-state index in [9.17, 15) is 14.4 Å². The van der Waals surface area contributed by atoms with Crippen molar-refractivity contribution in [2.45, 2.75) is 90.5 Å². The van der Waals surface area contributed by atoms with Crippen molar-refractivity contribution >= 4 is 17.8 Å². The normalized spacial score (nSPS) is 16.2. The largest absolute Gasteiger partial charge is 0.466 e. The molecule has 6 nitrogen and oxygen atoms in total. The van der Waals surface area contributed by atoms with Gasteiger partial charge in [0.05, 0.1) is 13.0 Å². The van der Waals surface area contributed by atoms with Gasteiger partial charge in [-0.2, -0.15) is 0 Å². The predicted molar refractivity (Wildman–Crippen MR) is 127 cm³/mol. The van der Waals surface area contributed by atoms with Crippen molar-refractivity contribution < 1.29 is 19.1 Å². The molecule has 2 amide bonds. The second-order valence-electron chi connectivity index (χ2n) is 8.98. The number of piperazine rings is 1. The molecule has 1 aliphatic rings. The standard InChI is InChI=1S/C26H40N2O4/c1-4-5-6-7-8-9-10-11-18-32-24(29)19-23-25(30)27-16-17-28(23)26(31)22-14-12-21(13-15-22)20(2)3/h12-15,20,23H,4-11,16-19H2,1-3H3,(H,27,30). The highest BCUT2D eigenvalue weighted by atomic mass is 16.5. The molecule has 1 heterocycles. The molecule has 1 aromatic carbocycles. The Bertz CT molecular complexity index is 730. The van der Waals surface area contributed by atoms with Crippen LogP contribution in [0.25, 0.3) is 0 Å². The lowest BCUT2D eigenvalue weighted by Gasteiger charge is -2.34. The zero-order chi connectivity index (χ0) is 23.3. The van der Waals surface area contributed by atoms with Crippen LogP contribution < -0.4 is 5.32 Å². The van der Waals surface area contributed by atoms with Crippen molar-refractivity contribution in [3.8, 4) is 0 Å². The minimum absolute atomic E-state index is 0.112. The topological polar surface area (TPSA) is 75.7 Å². The van der Waals surface area contributed by atoms with Gasteiger partial charge >= 0.3 is 5.97 Å². The van der Waals surface area contributed by atoms with Gasteiger partial charge in [-0.25, -0.2) is 0 Å². The zero-order valence-electron chi connectivity index (χ0n) is 20.0. The van der Waals surface area contributed by atoms with E-state index in [1.165, 1.54) is 37.0 Å². The highest BCUT2D eigenvalue weighted by Gasteiger charge is 2.35. The van der Waals surface area contributed by atoms with Crippen LogP contribution >= 0.6 is 0 Å². The van der Waals surface area contributed by atoms with Crippen LogP contribution in [0.2, 0.25) is 0 Å². The summed E-state index contributed by atoms with van der Waals surface area (Å²) in [5, 5.41) is 2.76. The van der Waals surface area contributed by atoms with Crippen LogP contribution in [-0.2, 0) is 14.3 Å². The molecule has 1 aliphatic heterocycles. The van der Waals surface area contributed by atoms with Crippen molar-refractivity contribution in [3.05, 3.63) is 35.4 Å². The molecular weight excluding hydrogens is 404 g/mol. The molecular formula is C26H40N2O4. The Morgan fingerprint density at radius 1 is 1.03 bits per heavy atom. The average Bonchev–Trinajstić information content (AvgIpc) is 2.79. The summed E-state index contributed by atoms with van der Waals surface area (Å²) in [6, 6.07) is 6.64. The zero-order valence-corrected chi connectivity index (χ0v) is 20.0. The Hall–Kier alpha value is -2.37. The molecule has 0 bridgehead atoms. The Balaban J connectivity index is 1.80. The Kier molecular flexibility index (Phi) is 11.3. The maximum atomic E-state index is 13.0. The fourth-order valence-electron chi connectivity index (χ4n) is 3.98. The fraction of sp³-hybridized carbons (Fsp3) is 0.654. The summed E-state index contributed by atoms with van der Waals surface area (Å²) in [4.78, 5) is 39.3. The number of carbonyl (C=O) groups excluding carboxylic acids is 3. The third kappa shape index (κ3) is 8.29. The summed E-state index contributed by atoms with van der Waals surface area (Å²) in [7, 11) is 0. The van der Waals surface area contributed by atoms with Crippen molar-refractivity contribution in [1.82, 2.24) is 10.2 Å². The minimum atomic E-state index is -0.827. The number of carbonyl (C=O) groups is 3. The molecule has 1 fully saturated rings. The third-order valence-corrected chi connectivity index (χ3v) is 6.04. The summed E-state index contributed by atoms with van der Waals surface area (Å²) >= 11 is 0. The van der Waals surface area contributed by atoms with Crippen molar-refractivity contribution in [2.75, 3.05) is 19.7 Å². The number of nitrogens with one attached hydrogen (secondary N) is 1. The summed E-state index contributed by atoms with van der Waals surface area (Å²) in [6.07, 6.45) is 9.27. The van der Waals surface area contributed by atoms with E-state index in [-0.39, 0.29) is 18.2 Å². The van der Waals surface area contributed by atoms with Gasteiger partial charge in [0.15, 0.2) is 0 Å². The van der Waals surface area contributed by atoms with Gasteiger partial charge in [-0.1, -0.05) is 77.8 Å². The molecule has 1 atom stereocenters. The smallest absolute Gasteiger partial charge is 0.308 e. The average molecular weight is 445 g/mol. The highest BCUT2D eigenvalue weighted by Crippen LogP contribution is 2.18. The SMILES string of the molecule is CCCCCCCCCCOC(=O)CC1C(=O)NCCN1C(=O)c1ccc(C(C)C)cc1. The Labute approximate surface area is 193 Å². The number of ether oxygens (including phenoxy) is 1. The monoisotopic (exact) mass is 444 g/mol. The number of amides is 2. The van der Waals surface area contributed by atoms with Crippen LogP contribution in [0, 0.1) is 0 Å². The van der Waals surface area contributed by atoms with Crippen LogP contribution in [0.5, 0.6) is 0 Å². The van der Waals surface area contributed by atoms with Crippen LogP contribution in [0.1, 0.15) is 100 Å². The second kappa shape index (κ2) is 13.9. The minimum Gasteiger partial charge on any atom is -0.466 e. The molecule has 6 heteroatoms. The van der Waals surface area contributed by atoms with Crippen molar-refractivity contribution in [1.29, 1.82) is 0 Å². The van der Waals surface area contributed by atoms with Gasteiger partial charge in [0.25, 0.3) is 5.91 Å². The summed E-state index contributed by atoms with van der Waals surface area (Å²) in [5.41, 5.74) is 1.68. The molecule has 0 aromatic heterocycles. The number of hydrogen-bond donors (Lipinski definition) is 1. The first-order valence-electron chi connectivity index (χ1n) is 12.3. The first-order chi connectivity index (χ1) is 15.4. The molecule has 178 valence electrons. The van der Waals surface area contributed by atoms with E-state index in [1.807, 2.05) is 12.1 Å². The van der Waals surface area contributed by atoms with E-state index in [2.05, 4.69) is 26.1 Å². The molecule has 0 aliphatic carbocycles. The lowest BCUT2D eigenvalue weighted by Crippen LogP contribution is -2.57. The van der Waals surface area contributed by atoms with Crippen LogP contribution in [-0.4, -0.2) is 48.4 Å². The Morgan fingerprint density at radius 3 is 2.28 bits per heavy atom. The van der Waals surface area contributed by atoms with E-state index < -0.39 is 12.0 Å². The molecule has 2 rings (SSSR count). The summed E-state index contributed by atoms with van der Waals surface area (Å²) < 4.78 is 5.36. The second-order valence-corrected chi connectivity index (χ2v) is 8.98. The number of benzene rings is 1. The number of nitrogens with zero attached hydrogens (tertiary/aromatic N) is 1. The van der Waals surface area contributed by atoms with E-state index in [1.54, 1.807) is 12.1 Å². The van der Waals surface area contributed by atoms with Crippen LogP contribution in [0.4, 0.5) is 0 Å². The molecule has 1 unspecified atom stereocenters. The maximum Gasteiger partial charge on any atom is 0.308 e. The highest BCUT2D eigenvalue weighted by molar-refractivity contribution is 5.99. The van der Waals surface area contributed by atoms with E-state index in [0.29, 0.717) is 31.2 Å². The molecule has 32 heavy (non-hydrogen) atoms. The molecule has 1 N–H and O–H groups in total. The molecule has 0 radical (unpaired) electrons. The summed E-state index contributed by atoms with van der Waals surface area (Å²) in [5.74, 6) is -0.574. The van der Waals surface area contributed by atoms with Gasteiger partial charge < -0.3 is 15.0 Å². The maximum absolute atomic E-state index is 13.0. The van der Waals surface area contributed by atoms with Gasteiger partial charge in [0, 0.05) is 18.7 Å². The number of unbranched alkanes of at least 4 members (excludes halogenated alkanes) is 7. The van der Waals surface area contributed by atoms with Gasteiger partial charge in [0.1, 0.15) is 6.04 Å². The van der Waals surface area contributed by atoms with Gasteiger partial charge in [-0.15, -0.1) is 0 Å². The predicted octanol–water partition coefficient (Wildman–Crippen LogP) is 4.82. The number of hydrogen-bond acceptors (Lipinski definition) is 4. The lowest BCUT2D eigenvalue weighted by atomic mass is 10.0. The third-order valence-electron chi connectivity index (χ3n) is 6.04. The van der Waals surface area contributed by atoms with E-state index in [0.717, 1.165) is 24.8 Å². The number of esters is 1. The molecule has 0 saturated carbocycles. The van der Waals surface area contributed by atoms with E-state index >= 15 is 0 Å². The molecule has 0 spiro atoms. The van der Waals surface area contributed by atoms with Crippen LogP contribution in [0.15, 0.2) is 24.3 Å². The van der Waals surface area contributed by atoms with E-state index in [4.69, 9.17) is 4.74 Å². The van der Waals surface area contributed by atoms with Gasteiger partial charge in [-0.05, 0) is 30.0 Å². The molecule has 1 aromatic rings. The van der Waals surface area contributed by atoms with Crippen molar-refractivity contribution in [2.24, 2.45) is 0 Å². The fourth-order valence-corrected chi connectivity index (χ4v) is 3.98. The first kappa shape index (κ1) is 25.9. The first-order valence-corrected chi connectivity index (χ1v) is 12.3. The van der Waals surface area contributed by atoms with Crippen LogP contribution in [0.3, 0.4) is 0 Å². The molecule has 1 saturated heterocycles. The quantitative estimate of drug-likeness (QED) is 0.349. The van der Waals surface area contributed by atoms with Crippen molar-refractivity contribution in [3.63, 3.8) is 0 Å². The summed E-state index contributed by atoms with van der Waals surface area (Å²) in [6.45, 7) is 7.55. The lowest BCUT2D eigenvalue weighted by molar-refractivity contribution is -0.147.